The van der Waals surface area contributed by atoms with Crippen LogP contribution in [0.4, 0.5) is 5.69 Å². The summed E-state index contributed by atoms with van der Waals surface area (Å²) in [5.74, 6) is -0.333. The summed E-state index contributed by atoms with van der Waals surface area (Å²) in [6.07, 6.45) is 1.44. The Morgan fingerprint density at radius 2 is 2.07 bits per heavy atom. The van der Waals surface area contributed by atoms with E-state index in [0.29, 0.717) is 22.4 Å². The second-order valence-electron chi connectivity index (χ2n) is 5.76. The van der Waals surface area contributed by atoms with E-state index in [1.165, 1.54) is 43.5 Å². The van der Waals surface area contributed by atoms with Gasteiger partial charge in [-0.1, -0.05) is 12.1 Å². The highest BCUT2D eigenvalue weighted by molar-refractivity contribution is 6.15. The lowest BCUT2D eigenvalue weighted by Crippen LogP contribution is -2.14. The first-order valence-corrected chi connectivity index (χ1v) is 7.92. The third kappa shape index (κ3) is 3.70. The molecule has 1 aliphatic heterocycles. The SMILES string of the molecule is COCC(=O)Oc1ccc2c(c1C)O/C(=C\c1cccc([N+](=O)[O-])c1)C2=O. The van der Waals surface area contributed by atoms with Gasteiger partial charge in [-0.3, -0.25) is 14.9 Å². The third-order valence-corrected chi connectivity index (χ3v) is 3.90. The van der Waals surface area contributed by atoms with Crippen LogP contribution in [0.2, 0.25) is 0 Å². The Bertz CT molecular complexity index is 978. The minimum atomic E-state index is -0.572. The molecule has 2 aromatic rings. The topological polar surface area (TPSA) is 105 Å². The number of Topliss-reactive ketones (excluding diaryl/α,β-unsaturated/α-hetero) is 1. The van der Waals surface area contributed by atoms with Gasteiger partial charge in [-0.25, -0.2) is 4.79 Å². The van der Waals surface area contributed by atoms with Crippen LogP contribution in [0.15, 0.2) is 42.2 Å². The zero-order valence-electron chi connectivity index (χ0n) is 14.6. The second kappa shape index (κ2) is 7.38. The summed E-state index contributed by atoms with van der Waals surface area (Å²) < 4.78 is 15.6. The van der Waals surface area contributed by atoms with E-state index in [2.05, 4.69) is 0 Å². The second-order valence-corrected chi connectivity index (χ2v) is 5.76. The average molecular weight is 369 g/mol. The molecule has 0 bridgehead atoms. The van der Waals surface area contributed by atoms with Crippen molar-refractivity contribution in [3.8, 4) is 11.5 Å². The number of non-ortho nitro benzene ring substituents is 1. The molecule has 0 atom stereocenters. The number of nitrogens with zero attached hydrogens (tertiary/aromatic N) is 1. The lowest BCUT2D eigenvalue weighted by molar-refractivity contribution is -0.384. The van der Waals surface area contributed by atoms with Gasteiger partial charge in [0, 0.05) is 24.8 Å². The molecule has 1 aliphatic rings. The van der Waals surface area contributed by atoms with E-state index in [1.54, 1.807) is 13.0 Å². The van der Waals surface area contributed by atoms with Gasteiger partial charge in [0.15, 0.2) is 5.76 Å². The third-order valence-electron chi connectivity index (χ3n) is 3.90. The fourth-order valence-electron chi connectivity index (χ4n) is 2.63. The van der Waals surface area contributed by atoms with E-state index < -0.39 is 10.9 Å². The van der Waals surface area contributed by atoms with Gasteiger partial charge >= 0.3 is 5.97 Å². The molecule has 0 saturated carbocycles. The highest BCUT2D eigenvalue weighted by atomic mass is 16.6. The largest absolute Gasteiger partial charge is 0.452 e. The van der Waals surface area contributed by atoms with Crippen LogP contribution in [0.5, 0.6) is 11.5 Å². The van der Waals surface area contributed by atoms with Crippen LogP contribution < -0.4 is 9.47 Å². The molecule has 0 amide bonds. The quantitative estimate of drug-likeness (QED) is 0.262. The molecule has 8 heteroatoms. The Kier molecular flexibility index (Phi) is 5.00. The zero-order chi connectivity index (χ0) is 19.6. The van der Waals surface area contributed by atoms with Gasteiger partial charge < -0.3 is 14.2 Å². The van der Waals surface area contributed by atoms with Crippen LogP contribution in [0, 0.1) is 17.0 Å². The summed E-state index contributed by atoms with van der Waals surface area (Å²) in [5, 5.41) is 10.9. The van der Waals surface area contributed by atoms with Crippen LogP contribution in [-0.2, 0) is 9.53 Å². The first kappa shape index (κ1) is 18.3. The first-order chi connectivity index (χ1) is 12.9. The van der Waals surface area contributed by atoms with Gasteiger partial charge in [-0.05, 0) is 30.7 Å². The van der Waals surface area contributed by atoms with Gasteiger partial charge in [0.05, 0.1) is 10.5 Å². The number of benzene rings is 2. The highest BCUT2D eigenvalue weighted by Crippen LogP contribution is 2.39. The van der Waals surface area contributed by atoms with E-state index in [0.717, 1.165) is 0 Å². The molecule has 3 rings (SSSR count). The number of hydrogen-bond acceptors (Lipinski definition) is 7. The van der Waals surface area contributed by atoms with Crippen molar-refractivity contribution >= 4 is 23.5 Å². The number of allylic oxidation sites excluding steroid dienone is 1. The number of carbonyl (C=O) groups excluding carboxylic acids is 2. The van der Waals surface area contributed by atoms with Crippen molar-refractivity contribution in [2.75, 3.05) is 13.7 Å². The molecule has 8 nitrogen and oxygen atoms in total. The summed E-state index contributed by atoms with van der Waals surface area (Å²) in [4.78, 5) is 34.5. The number of fused-ring (bicyclic) bond motifs is 1. The molecule has 0 unspecified atom stereocenters. The maximum atomic E-state index is 12.6. The first-order valence-electron chi connectivity index (χ1n) is 7.92. The van der Waals surface area contributed by atoms with Crippen LogP contribution in [0.3, 0.4) is 0 Å². The van der Waals surface area contributed by atoms with Gasteiger partial charge in [-0.15, -0.1) is 0 Å². The molecule has 0 aliphatic carbocycles. The van der Waals surface area contributed by atoms with E-state index >= 15 is 0 Å². The molecule has 0 saturated heterocycles. The maximum absolute atomic E-state index is 12.6. The predicted octanol–water partition coefficient (Wildman–Crippen LogP) is 3.07. The van der Waals surface area contributed by atoms with Crippen molar-refractivity contribution in [2.24, 2.45) is 0 Å². The molecule has 138 valence electrons. The summed E-state index contributed by atoms with van der Waals surface area (Å²) in [7, 11) is 1.38. The van der Waals surface area contributed by atoms with Crippen molar-refractivity contribution < 1.29 is 28.7 Å². The molecule has 0 aromatic heterocycles. The molecule has 0 N–H and O–H groups in total. The molecule has 0 radical (unpaired) electrons. The van der Waals surface area contributed by atoms with Gasteiger partial charge in [0.1, 0.15) is 18.1 Å². The van der Waals surface area contributed by atoms with E-state index in [9.17, 15) is 19.7 Å². The molecule has 2 aromatic carbocycles. The van der Waals surface area contributed by atoms with E-state index in [-0.39, 0.29) is 29.6 Å². The standard InChI is InChI=1S/C19H15NO7/c1-11-15(26-17(21)10-25-2)7-6-14-18(22)16(27-19(11)14)9-12-4-3-5-13(8-12)20(23)24/h3-9H,10H2,1-2H3/b16-9-. The lowest BCUT2D eigenvalue weighted by Gasteiger charge is -2.09. The number of ketones is 1. The molecule has 1 heterocycles. The minimum Gasteiger partial charge on any atom is -0.452 e. The normalized spacial score (nSPS) is 14.0. The van der Waals surface area contributed by atoms with Crippen LogP contribution in [-0.4, -0.2) is 30.4 Å². The number of ether oxygens (including phenoxy) is 3. The number of carbonyl (C=O) groups is 2. The monoisotopic (exact) mass is 369 g/mol. The fourth-order valence-corrected chi connectivity index (χ4v) is 2.63. The minimum absolute atomic E-state index is 0.0361. The molecule has 0 spiro atoms. The smallest absolute Gasteiger partial charge is 0.337 e. The Labute approximate surface area is 154 Å². The van der Waals surface area contributed by atoms with E-state index in [1.807, 2.05) is 0 Å². The Morgan fingerprint density at radius 3 is 2.78 bits per heavy atom. The van der Waals surface area contributed by atoms with Crippen molar-refractivity contribution in [2.45, 2.75) is 6.92 Å². The summed E-state index contributed by atoms with van der Waals surface area (Å²) >= 11 is 0. The van der Waals surface area contributed by atoms with Crippen LogP contribution >= 0.6 is 0 Å². The van der Waals surface area contributed by atoms with Crippen molar-refractivity contribution in [1.29, 1.82) is 0 Å². The fraction of sp³-hybridized carbons (Fsp3) is 0.158. The van der Waals surface area contributed by atoms with Crippen LogP contribution in [0.1, 0.15) is 21.5 Å². The molecular weight excluding hydrogens is 354 g/mol. The number of hydrogen-bond donors (Lipinski definition) is 0. The van der Waals surface area contributed by atoms with Gasteiger partial charge in [0.2, 0.25) is 5.78 Å². The van der Waals surface area contributed by atoms with Crippen molar-refractivity contribution in [3.63, 3.8) is 0 Å². The van der Waals surface area contributed by atoms with E-state index in [4.69, 9.17) is 14.2 Å². The van der Waals surface area contributed by atoms with Crippen LogP contribution in [0.25, 0.3) is 6.08 Å². The number of rotatable bonds is 5. The Balaban J connectivity index is 1.91. The van der Waals surface area contributed by atoms with Crippen molar-refractivity contribution in [1.82, 2.24) is 0 Å². The summed E-state index contributed by atoms with van der Waals surface area (Å²) in [6.45, 7) is 1.46. The number of esters is 1. The average Bonchev–Trinajstić information content (AvgIpc) is 2.95. The number of nitro groups is 1. The molecule has 0 fully saturated rings. The number of nitro benzene ring substituents is 1. The summed E-state index contributed by atoms with van der Waals surface area (Å²) in [6, 6.07) is 8.88. The lowest BCUT2D eigenvalue weighted by atomic mass is 10.1. The van der Waals surface area contributed by atoms with Crippen molar-refractivity contribution in [3.05, 3.63) is 69.0 Å². The zero-order valence-corrected chi connectivity index (χ0v) is 14.6. The molecule has 27 heavy (non-hydrogen) atoms. The summed E-state index contributed by atoms with van der Waals surface area (Å²) in [5.41, 5.74) is 1.20. The molecular formula is C19H15NO7. The number of methoxy groups -OCH3 is 1. The highest BCUT2D eigenvalue weighted by Gasteiger charge is 2.30. The van der Waals surface area contributed by atoms with Gasteiger partial charge in [-0.2, -0.15) is 0 Å². The Hall–Kier alpha value is -3.52. The Morgan fingerprint density at radius 1 is 1.30 bits per heavy atom. The predicted molar refractivity (Wildman–Crippen MR) is 94.7 cm³/mol. The van der Waals surface area contributed by atoms with Gasteiger partial charge in [0.25, 0.3) is 5.69 Å². The maximum Gasteiger partial charge on any atom is 0.337 e.